The predicted molar refractivity (Wildman–Crippen MR) is 120 cm³/mol. The Labute approximate surface area is 182 Å². The molecule has 1 N–H and O–H groups in total. The van der Waals surface area contributed by atoms with Gasteiger partial charge in [-0.05, 0) is 62.3 Å². The Morgan fingerprint density at radius 3 is 2.42 bits per heavy atom. The molecule has 0 amide bonds. The lowest BCUT2D eigenvalue weighted by atomic mass is 9.77. The fraction of sp³-hybridized carbons (Fsp3) is 0.500. The van der Waals surface area contributed by atoms with Crippen LogP contribution in [0.15, 0.2) is 43.0 Å². The van der Waals surface area contributed by atoms with Crippen molar-refractivity contribution in [3.8, 4) is 11.4 Å². The summed E-state index contributed by atoms with van der Waals surface area (Å²) in [4.78, 5) is 23.2. The van der Waals surface area contributed by atoms with Crippen molar-refractivity contribution in [3.05, 3.63) is 43.0 Å². The van der Waals surface area contributed by atoms with Crippen LogP contribution in [0.3, 0.4) is 0 Å². The van der Waals surface area contributed by atoms with E-state index < -0.39 is 0 Å². The van der Waals surface area contributed by atoms with E-state index in [0.29, 0.717) is 11.5 Å². The van der Waals surface area contributed by atoms with Gasteiger partial charge in [-0.15, -0.1) is 0 Å². The molecule has 3 aromatic heterocycles. The van der Waals surface area contributed by atoms with E-state index in [9.17, 15) is 5.11 Å². The molecule has 2 atom stereocenters. The van der Waals surface area contributed by atoms with Gasteiger partial charge in [-0.1, -0.05) is 0 Å². The van der Waals surface area contributed by atoms with Crippen molar-refractivity contribution in [1.29, 1.82) is 0 Å². The lowest BCUT2D eigenvalue weighted by molar-refractivity contribution is -0.0164. The molecule has 0 unspecified atom stereocenters. The zero-order valence-corrected chi connectivity index (χ0v) is 17.7. The van der Waals surface area contributed by atoms with Crippen LogP contribution in [-0.4, -0.2) is 68.3 Å². The molecular weight excluding hydrogens is 388 g/mol. The van der Waals surface area contributed by atoms with Crippen molar-refractivity contribution < 1.29 is 5.11 Å². The largest absolute Gasteiger partial charge is 0.391 e. The first-order valence-electron chi connectivity index (χ1n) is 11.4. The van der Waals surface area contributed by atoms with E-state index in [0.717, 1.165) is 67.1 Å². The van der Waals surface area contributed by atoms with E-state index in [4.69, 9.17) is 9.97 Å². The van der Waals surface area contributed by atoms with Crippen LogP contribution in [0.1, 0.15) is 32.1 Å². The summed E-state index contributed by atoms with van der Waals surface area (Å²) in [6, 6.07) is 6.34. The Morgan fingerprint density at radius 2 is 1.68 bits per heavy atom. The molecule has 31 heavy (non-hydrogen) atoms. The van der Waals surface area contributed by atoms with Gasteiger partial charge in [0.1, 0.15) is 5.82 Å². The Bertz CT molecular complexity index is 1080. The molecule has 0 aromatic carbocycles. The summed E-state index contributed by atoms with van der Waals surface area (Å²) in [5.74, 6) is 1.74. The highest BCUT2D eigenvalue weighted by molar-refractivity contribution is 5.90. The Balaban J connectivity index is 1.26. The van der Waals surface area contributed by atoms with E-state index >= 15 is 0 Å². The summed E-state index contributed by atoms with van der Waals surface area (Å²) >= 11 is 0. The van der Waals surface area contributed by atoms with E-state index in [-0.39, 0.29) is 6.10 Å². The zero-order chi connectivity index (χ0) is 20.8. The second-order valence-corrected chi connectivity index (χ2v) is 9.42. The van der Waals surface area contributed by atoms with E-state index in [2.05, 4.69) is 19.8 Å². The summed E-state index contributed by atoms with van der Waals surface area (Å²) in [6.45, 7) is 4.28. The van der Waals surface area contributed by atoms with Crippen molar-refractivity contribution >= 4 is 16.7 Å². The number of hydrogen-bond acceptors (Lipinski definition) is 7. The van der Waals surface area contributed by atoms with Gasteiger partial charge in [0, 0.05) is 55.2 Å². The van der Waals surface area contributed by atoms with Crippen molar-refractivity contribution in [1.82, 2.24) is 24.8 Å². The van der Waals surface area contributed by atoms with Crippen molar-refractivity contribution in [3.63, 3.8) is 0 Å². The number of likely N-dealkylation sites (tertiary alicyclic amines) is 1. The molecule has 5 heterocycles. The van der Waals surface area contributed by atoms with Crippen LogP contribution >= 0.6 is 0 Å². The highest BCUT2D eigenvalue weighted by atomic mass is 16.3. The third-order valence-corrected chi connectivity index (χ3v) is 7.68. The highest BCUT2D eigenvalue weighted by Crippen LogP contribution is 2.44. The number of anilines is 1. The van der Waals surface area contributed by atoms with Gasteiger partial charge >= 0.3 is 0 Å². The van der Waals surface area contributed by atoms with Crippen molar-refractivity contribution in [2.45, 2.75) is 44.2 Å². The van der Waals surface area contributed by atoms with Crippen LogP contribution in [0.5, 0.6) is 0 Å². The second kappa shape index (κ2) is 7.50. The number of fused-ring (bicyclic) bond motifs is 1. The maximum absolute atomic E-state index is 10.1. The highest BCUT2D eigenvalue weighted by Gasteiger charge is 2.45. The standard InChI is InChI=1S/C24H28N6O/c31-21-2-1-20(21)30-14-8-24(16-30)6-12-29(13-7-24)23-18-5-11-26-15-19(18)27-22(28-23)17-3-9-25-10-4-17/h3-5,9-11,15,20-21,31H,1-2,6-8,12-14,16H2/t20-,21+/m1/s1. The summed E-state index contributed by atoms with van der Waals surface area (Å²) < 4.78 is 0. The molecule has 1 aliphatic carbocycles. The van der Waals surface area contributed by atoms with Crippen LogP contribution in [0.2, 0.25) is 0 Å². The van der Waals surface area contributed by atoms with Gasteiger partial charge in [0.25, 0.3) is 0 Å². The van der Waals surface area contributed by atoms with Crippen LogP contribution in [0.4, 0.5) is 5.82 Å². The number of hydrogen-bond donors (Lipinski definition) is 1. The number of aliphatic hydroxyl groups is 1. The molecular formula is C24H28N6O. The fourth-order valence-corrected chi connectivity index (χ4v) is 5.58. The Kier molecular flexibility index (Phi) is 4.61. The summed E-state index contributed by atoms with van der Waals surface area (Å²) in [5, 5.41) is 11.2. The molecule has 3 aliphatic rings. The first-order valence-corrected chi connectivity index (χ1v) is 11.4. The Hall–Kier alpha value is -2.64. The van der Waals surface area contributed by atoms with Gasteiger partial charge in [0.2, 0.25) is 0 Å². The van der Waals surface area contributed by atoms with Crippen LogP contribution in [-0.2, 0) is 0 Å². The van der Waals surface area contributed by atoms with Crippen LogP contribution in [0.25, 0.3) is 22.3 Å². The topological polar surface area (TPSA) is 78.3 Å². The fourth-order valence-electron chi connectivity index (χ4n) is 5.58. The average Bonchev–Trinajstić information content (AvgIpc) is 3.21. The number of aromatic nitrogens is 4. The molecule has 7 nitrogen and oxygen atoms in total. The Morgan fingerprint density at radius 1 is 0.903 bits per heavy atom. The second-order valence-electron chi connectivity index (χ2n) is 9.42. The molecule has 2 aliphatic heterocycles. The third-order valence-electron chi connectivity index (χ3n) is 7.68. The van der Waals surface area contributed by atoms with Crippen LogP contribution in [0, 0.1) is 5.41 Å². The molecule has 3 aromatic rings. The number of pyridine rings is 2. The summed E-state index contributed by atoms with van der Waals surface area (Å²) in [7, 11) is 0. The van der Waals surface area contributed by atoms with Gasteiger partial charge in [-0.25, -0.2) is 9.97 Å². The van der Waals surface area contributed by atoms with Gasteiger partial charge in [-0.3, -0.25) is 14.9 Å². The molecule has 0 bridgehead atoms. The molecule has 1 saturated carbocycles. The molecule has 6 rings (SSSR count). The molecule has 2 saturated heterocycles. The van der Waals surface area contributed by atoms with E-state index in [1.165, 1.54) is 19.3 Å². The smallest absolute Gasteiger partial charge is 0.162 e. The summed E-state index contributed by atoms with van der Waals surface area (Å²) in [5.41, 5.74) is 2.25. The maximum Gasteiger partial charge on any atom is 0.162 e. The molecule has 7 heteroatoms. The first kappa shape index (κ1) is 19.1. The quantitative estimate of drug-likeness (QED) is 0.703. The number of piperidine rings is 1. The zero-order valence-electron chi connectivity index (χ0n) is 17.7. The van der Waals surface area contributed by atoms with Crippen LogP contribution < -0.4 is 4.90 Å². The van der Waals surface area contributed by atoms with Gasteiger partial charge in [-0.2, -0.15) is 0 Å². The minimum absolute atomic E-state index is 0.108. The predicted octanol–water partition coefficient (Wildman–Crippen LogP) is 2.90. The summed E-state index contributed by atoms with van der Waals surface area (Å²) in [6.07, 6.45) is 12.8. The number of nitrogens with zero attached hydrogens (tertiary/aromatic N) is 6. The molecule has 3 fully saturated rings. The van der Waals surface area contributed by atoms with E-state index in [1.54, 1.807) is 12.4 Å². The SMILES string of the molecule is O[C@H]1CC[C@H]1N1CCC2(CCN(c3nc(-c4ccncc4)nc4cnccc34)CC2)C1. The van der Waals surface area contributed by atoms with Gasteiger partial charge in [0.15, 0.2) is 5.82 Å². The first-order chi connectivity index (χ1) is 15.2. The van der Waals surface area contributed by atoms with E-state index in [1.807, 2.05) is 30.6 Å². The lowest BCUT2D eigenvalue weighted by Gasteiger charge is -2.43. The van der Waals surface area contributed by atoms with Gasteiger partial charge in [0.05, 0.1) is 17.8 Å². The minimum atomic E-state index is -0.108. The third kappa shape index (κ3) is 3.36. The minimum Gasteiger partial charge on any atom is -0.391 e. The number of aliphatic hydroxyl groups excluding tert-OH is 1. The molecule has 1 spiro atoms. The van der Waals surface area contributed by atoms with Crippen molar-refractivity contribution in [2.24, 2.45) is 5.41 Å². The maximum atomic E-state index is 10.1. The lowest BCUT2D eigenvalue weighted by Crippen LogP contribution is -2.51. The molecule has 160 valence electrons. The van der Waals surface area contributed by atoms with Gasteiger partial charge < -0.3 is 10.0 Å². The monoisotopic (exact) mass is 416 g/mol. The number of rotatable bonds is 3. The van der Waals surface area contributed by atoms with Crippen molar-refractivity contribution in [2.75, 3.05) is 31.1 Å². The molecule has 0 radical (unpaired) electrons. The normalized spacial score (nSPS) is 25.8. The average molecular weight is 417 g/mol.